The zero-order valence-corrected chi connectivity index (χ0v) is 35.1. The Morgan fingerprint density at radius 3 is 0.712 bits per heavy atom. The van der Waals surface area contributed by atoms with Crippen LogP contribution in [-0.4, -0.2) is 36.1 Å². The van der Waals surface area contributed by atoms with Gasteiger partial charge in [-0.05, 0) is 25.7 Å². The lowest BCUT2D eigenvalue weighted by Gasteiger charge is -2.28. The van der Waals surface area contributed by atoms with Crippen molar-refractivity contribution in [3.63, 3.8) is 0 Å². The van der Waals surface area contributed by atoms with Crippen LogP contribution in [0.5, 0.6) is 0 Å². The Morgan fingerprint density at radius 2 is 0.519 bits per heavy atom. The highest BCUT2D eigenvalue weighted by Crippen LogP contribution is 2.26. The van der Waals surface area contributed by atoms with Crippen molar-refractivity contribution in [3.8, 4) is 12.1 Å². The molecule has 0 aliphatic rings. The number of nitrogens with zero attached hydrogens (tertiary/aromatic N) is 6. The summed E-state index contributed by atoms with van der Waals surface area (Å²) in [4.78, 5) is 14.6. The summed E-state index contributed by atoms with van der Waals surface area (Å²) in [5.74, 6) is 1.26. The molecule has 1 rings (SSSR count). The molecule has 0 saturated carbocycles. The minimum Gasteiger partial charge on any atom is -0.354 e. The molecule has 1 aromatic heterocycles. The van der Waals surface area contributed by atoms with Crippen molar-refractivity contribution in [1.29, 1.82) is 10.5 Å². The molecule has 298 valence electrons. The molecule has 0 N–H and O–H groups in total. The Labute approximate surface area is 324 Å². The number of nitriles is 2. The third-order valence-corrected chi connectivity index (χ3v) is 10.8. The van der Waals surface area contributed by atoms with Crippen molar-refractivity contribution in [2.75, 3.05) is 36.0 Å². The lowest BCUT2D eigenvalue weighted by atomic mass is 10.1. The topological polar surface area (TPSA) is 79.8 Å². The standard InChI is InChI=1S/C46H84N6/c1-5-9-13-17-21-25-29-33-37-51(38-34-30-26-22-18-14-10-6-2)45-43(41-47)50-46(44(42-48)49-45)52(39-35-31-27-23-19-15-11-7-3)40-36-32-28-24-20-16-12-8-4/h5-40H2,1-4H3. The van der Waals surface area contributed by atoms with E-state index in [1.165, 1.54) is 180 Å². The van der Waals surface area contributed by atoms with Crippen molar-refractivity contribution in [2.24, 2.45) is 0 Å². The van der Waals surface area contributed by atoms with Gasteiger partial charge in [-0.2, -0.15) is 10.5 Å². The van der Waals surface area contributed by atoms with Gasteiger partial charge in [-0.1, -0.05) is 207 Å². The van der Waals surface area contributed by atoms with Gasteiger partial charge in [0.05, 0.1) is 0 Å². The van der Waals surface area contributed by atoms with Crippen molar-refractivity contribution in [2.45, 2.75) is 233 Å². The fourth-order valence-electron chi connectivity index (χ4n) is 7.40. The lowest BCUT2D eigenvalue weighted by molar-refractivity contribution is 0.551. The zero-order chi connectivity index (χ0) is 37.7. The predicted octanol–water partition coefficient (Wildman–Crippen LogP) is 14.4. The molecule has 6 heteroatoms. The molecule has 0 fully saturated rings. The minimum absolute atomic E-state index is 0.393. The van der Waals surface area contributed by atoms with E-state index in [0.717, 1.165) is 51.9 Å². The molecule has 0 unspecified atom stereocenters. The molecule has 0 bridgehead atoms. The second-order valence-electron chi connectivity index (χ2n) is 15.7. The Hall–Kier alpha value is -2.34. The molecule has 0 aliphatic heterocycles. The van der Waals surface area contributed by atoms with Crippen LogP contribution in [0, 0.1) is 22.7 Å². The van der Waals surface area contributed by atoms with Crippen molar-refractivity contribution in [3.05, 3.63) is 11.4 Å². The summed E-state index contributed by atoms with van der Waals surface area (Å²) in [5, 5.41) is 20.9. The maximum atomic E-state index is 10.5. The normalized spacial score (nSPS) is 11.1. The molecule has 0 atom stereocenters. The molecule has 0 aliphatic carbocycles. The van der Waals surface area contributed by atoms with E-state index in [9.17, 15) is 10.5 Å². The predicted molar refractivity (Wildman–Crippen MR) is 226 cm³/mol. The second kappa shape index (κ2) is 35.7. The van der Waals surface area contributed by atoms with Crippen LogP contribution in [0.15, 0.2) is 0 Å². The first kappa shape index (κ1) is 47.7. The summed E-state index contributed by atoms with van der Waals surface area (Å²) in [6.07, 6.45) is 40.7. The highest BCUT2D eigenvalue weighted by molar-refractivity contribution is 5.60. The summed E-state index contributed by atoms with van der Waals surface area (Å²) >= 11 is 0. The fraction of sp³-hybridized carbons (Fsp3) is 0.870. The summed E-state index contributed by atoms with van der Waals surface area (Å²) in [5.41, 5.74) is 0.787. The number of unbranched alkanes of at least 4 members (excludes halogenated alkanes) is 28. The number of hydrogen-bond donors (Lipinski definition) is 0. The van der Waals surface area contributed by atoms with Crippen LogP contribution in [0.2, 0.25) is 0 Å². The Morgan fingerprint density at radius 1 is 0.327 bits per heavy atom. The van der Waals surface area contributed by atoms with E-state index in [4.69, 9.17) is 9.97 Å². The third-order valence-electron chi connectivity index (χ3n) is 10.8. The van der Waals surface area contributed by atoms with E-state index in [1.54, 1.807) is 0 Å². The molecule has 6 nitrogen and oxygen atoms in total. The molecule has 0 aromatic carbocycles. The van der Waals surface area contributed by atoms with Gasteiger partial charge in [-0.3, -0.25) is 0 Å². The summed E-state index contributed by atoms with van der Waals surface area (Å²) in [7, 11) is 0. The smallest absolute Gasteiger partial charge is 0.185 e. The summed E-state index contributed by atoms with van der Waals surface area (Å²) in [6, 6.07) is 4.87. The first-order valence-corrected chi connectivity index (χ1v) is 22.9. The van der Waals surface area contributed by atoms with E-state index in [-0.39, 0.29) is 0 Å². The minimum atomic E-state index is 0.393. The largest absolute Gasteiger partial charge is 0.354 e. The van der Waals surface area contributed by atoms with Gasteiger partial charge in [0.25, 0.3) is 0 Å². The molecule has 52 heavy (non-hydrogen) atoms. The van der Waals surface area contributed by atoms with Crippen LogP contribution in [0.3, 0.4) is 0 Å². The average Bonchev–Trinajstić information content (AvgIpc) is 3.16. The Bertz CT molecular complexity index is 905. The van der Waals surface area contributed by atoms with E-state index in [2.05, 4.69) is 49.6 Å². The monoisotopic (exact) mass is 721 g/mol. The molecule has 1 heterocycles. The number of rotatable bonds is 38. The van der Waals surface area contributed by atoms with Gasteiger partial charge in [0.2, 0.25) is 0 Å². The SMILES string of the molecule is CCCCCCCCCCN(CCCCCCCCCC)c1nc(C#N)c(N(CCCCCCCCCC)CCCCCCCCCC)nc1C#N. The quantitative estimate of drug-likeness (QED) is 0.0633. The molecule has 0 radical (unpaired) electrons. The molecule has 0 saturated heterocycles. The van der Waals surface area contributed by atoms with E-state index < -0.39 is 0 Å². The van der Waals surface area contributed by atoms with Gasteiger partial charge >= 0.3 is 0 Å². The third kappa shape index (κ3) is 24.1. The molecule has 1 aromatic rings. The lowest BCUT2D eigenvalue weighted by Crippen LogP contribution is -2.31. The average molecular weight is 721 g/mol. The van der Waals surface area contributed by atoms with E-state index in [1.807, 2.05) is 0 Å². The van der Waals surface area contributed by atoms with Gasteiger partial charge in [-0.15, -0.1) is 0 Å². The van der Waals surface area contributed by atoms with Gasteiger partial charge < -0.3 is 9.80 Å². The molecule has 0 spiro atoms. The summed E-state index contributed by atoms with van der Waals surface area (Å²) < 4.78 is 0. The van der Waals surface area contributed by atoms with Crippen LogP contribution in [0.4, 0.5) is 11.6 Å². The number of aromatic nitrogens is 2. The van der Waals surface area contributed by atoms with Crippen LogP contribution in [-0.2, 0) is 0 Å². The van der Waals surface area contributed by atoms with Gasteiger partial charge in [0.15, 0.2) is 23.0 Å². The summed E-state index contributed by atoms with van der Waals surface area (Å²) in [6.45, 7) is 12.6. The van der Waals surface area contributed by atoms with Crippen LogP contribution >= 0.6 is 0 Å². The fourth-order valence-corrected chi connectivity index (χ4v) is 7.40. The van der Waals surface area contributed by atoms with Crippen LogP contribution < -0.4 is 9.80 Å². The van der Waals surface area contributed by atoms with Crippen LogP contribution in [0.25, 0.3) is 0 Å². The van der Waals surface area contributed by atoms with Gasteiger partial charge in [0.1, 0.15) is 12.1 Å². The van der Waals surface area contributed by atoms with Crippen molar-refractivity contribution in [1.82, 2.24) is 9.97 Å². The van der Waals surface area contributed by atoms with E-state index >= 15 is 0 Å². The Kier molecular flexibility index (Phi) is 32.7. The first-order chi connectivity index (χ1) is 25.7. The van der Waals surface area contributed by atoms with E-state index in [0.29, 0.717) is 23.0 Å². The molecular formula is C46H84N6. The van der Waals surface area contributed by atoms with Gasteiger partial charge in [-0.25, -0.2) is 9.97 Å². The number of hydrogen-bond acceptors (Lipinski definition) is 6. The second-order valence-corrected chi connectivity index (χ2v) is 15.7. The highest BCUT2D eigenvalue weighted by atomic mass is 15.2. The van der Waals surface area contributed by atoms with Crippen molar-refractivity contribution < 1.29 is 0 Å². The molecular weight excluding hydrogens is 637 g/mol. The Balaban J connectivity index is 3.06. The highest BCUT2D eigenvalue weighted by Gasteiger charge is 2.22. The molecule has 0 amide bonds. The van der Waals surface area contributed by atoms with Gasteiger partial charge in [0, 0.05) is 26.2 Å². The van der Waals surface area contributed by atoms with Crippen LogP contribution in [0.1, 0.15) is 245 Å². The van der Waals surface area contributed by atoms with Crippen molar-refractivity contribution >= 4 is 11.6 Å². The maximum absolute atomic E-state index is 10.5. The first-order valence-electron chi connectivity index (χ1n) is 22.9. The number of anilines is 2. The zero-order valence-electron chi connectivity index (χ0n) is 35.1. The maximum Gasteiger partial charge on any atom is 0.185 e.